The Hall–Kier alpha value is -1.93. The third kappa shape index (κ3) is 3.43. The van der Waals surface area contributed by atoms with Crippen LogP contribution in [0, 0.1) is 62.1 Å². The molecule has 0 heterocycles. The fourth-order valence-electron chi connectivity index (χ4n) is 10.3. The van der Waals surface area contributed by atoms with Gasteiger partial charge in [-0.1, -0.05) is 53.2 Å². The Bertz CT molecular complexity index is 1120. The number of hydrogen-bond donors (Lipinski definition) is 0. The van der Waals surface area contributed by atoms with Crippen LogP contribution in [0.3, 0.4) is 0 Å². The number of ether oxygens (including phenoxy) is 2. The molecule has 0 amide bonds. The van der Waals surface area contributed by atoms with Crippen LogP contribution in [0.4, 0.5) is 0 Å². The molecule has 0 saturated heterocycles. The van der Waals surface area contributed by atoms with Crippen molar-refractivity contribution in [2.24, 2.45) is 50.7 Å². The lowest BCUT2D eigenvalue weighted by Gasteiger charge is -2.65. The van der Waals surface area contributed by atoms with E-state index in [2.05, 4.69) is 53.7 Å². The fraction of sp³-hybridized carbons (Fsp3) is 0.781. The molecule has 0 aromatic heterocycles. The molecule has 3 fully saturated rings. The number of carbonyl (C=O) groups is 2. The van der Waals surface area contributed by atoms with Crippen LogP contribution < -0.4 is 0 Å². The molecular formula is C32H45NO4. The third-order valence-corrected chi connectivity index (χ3v) is 12.1. The molecule has 0 aromatic carbocycles. The fourth-order valence-corrected chi connectivity index (χ4v) is 10.3. The predicted molar refractivity (Wildman–Crippen MR) is 142 cm³/mol. The number of esters is 1. The van der Waals surface area contributed by atoms with Crippen molar-refractivity contribution in [2.75, 3.05) is 14.2 Å². The summed E-state index contributed by atoms with van der Waals surface area (Å²) in [6, 6.07) is 2.43. The van der Waals surface area contributed by atoms with Gasteiger partial charge in [0.1, 0.15) is 0 Å². The topological polar surface area (TPSA) is 76.4 Å². The number of nitrogens with zero attached hydrogens (tertiary/aromatic N) is 1. The monoisotopic (exact) mass is 507 g/mol. The highest BCUT2D eigenvalue weighted by Gasteiger charge is 2.67. The van der Waals surface area contributed by atoms with Crippen molar-refractivity contribution in [1.82, 2.24) is 0 Å². The van der Waals surface area contributed by atoms with Crippen molar-refractivity contribution < 1.29 is 19.1 Å². The van der Waals surface area contributed by atoms with Gasteiger partial charge < -0.3 is 9.47 Å². The molecule has 5 nitrogen and oxygen atoms in total. The normalized spacial score (nSPS) is 45.6. The van der Waals surface area contributed by atoms with Gasteiger partial charge in [0.2, 0.25) is 0 Å². The number of fused-ring (bicyclic) bond motifs is 7. The number of allylic oxidation sites excluding steroid dienone is 3. The molecule has 0 N–H and O–H groups in total. The molecule has 5 heteroatoms. The third-order valence-electron chi connectivity index (χ3n) is 12.1. The van der Waals surface area contributed by atoms with E-state index in [0.29, 0.717) is 5.57 Å². The Morgan fingerprint density at radius 1 is 1.03 bits per heavy atom. The number of rotatable bonds is 2. The molecule has 0 bridgehead atoms. The van der Waals surface area contributed by atoms with Crippen LogP contribution >= 0.6 is 0 Å². The lowest BCUT2D eigenvalue weighted by Crippen LogP contribution is -2.63. The first kappa shape index (κ1) is 26.7. The molecule has 0 aliphatic heterocycles. The highest BCUT2D eigenvalue weighted by molar-refractivity contribution is 5.96. The Morgan fingerprint density at radius 2 is 1.70 bits per heavy atom. The molecule has 0 radical (unpaired) electrons. The van der Waals surface area contributed by atoms with Gasteiger partial charge in [-0.25, -0.2) is 0 Å². The second-order valence-electron chi connectivity index (χ2n) is 14.7. The molecule has 5 aliphatic carbocycles. The van der Waals surface area contributed by atoms with Gasteiger partial charge in [-0.2, -0.15) is 5.26 Å². The highest BCUT2D eigenvalue weighted by atomic mass is 16.5. The first-order chi connectivity index (χ1) is 17.2. The van der Waals surface area contributed by atoms with E-state index in [9.17, 15) is 14.9 Å². The standard InChI is InChI=1S/C32H45NO4/c1-28(2)11-13-32(27(35)37-8)14-12-30(5)20-9-10-24-29(3,4)26(36-7)19(18-33)16-31(24,6)21(20)15-23(34)25(30)22(32)17-28/h15-16,20,22,24-26H,9-14,17H2,1-8H3/t20-,22+,24+,25+,26+,30+,31-,32+/m1/s1. The van der Waals surface area contributed by atoms with Gasteiger partial charge in [-0.15, -0.1) is 0 Å². The van der Waals surface area contributed by atoms with Gasteiger partial charge in [0.15, 0.2) is 5.78 Å². The summed E-state index contributed by atoms with van der Waals surface area (Å²) in [6.45, 7) is 13.6. The lowest BCUT2D eigenvalue weighted by atomic mass is 9.38. The van der Waals surface area contributed by atoms with Gasteiger partial charge in [0, 0.05) is 18.4 Å². The summed E-state index contributed by atoms with van der Waals surface area (Å²) in [5, 5.41) is 10.1. The van der Waals surface area contributed by atoms with Crippen LogP contribution in [0.15, 0.2) is 23.3 Å². The summed E-state index contributed by atoms with van der Waals surface area (Å²) < 4.78 is 11.3. The van der Waals surface area contributed by atoms with E-state index in [-0.39, 0.29) is 63.2 Å². The summed E-state index contributed by atoms with van der Waals surface area (Å²) >= 11 is 0. The predicted octanol–water partition coefficient (Wildman–Crippen LogP) is 6.43. The molecular weight excluding hydrogens is 462 g/mol. The van der Waals surface area contributed by atoms with Crippen molar-refractivity contribution in [2.45, 2.75) is 92.6 Å². The quantitative estimate of drug-likeness (QED) is 0.402. The maximum atomic E-state index is 14.3. The minimum Gasteiger partial charge on any atom is -0.469 e. The van der Waals surface area contributed by atoms with E-state index >= 15 is 0 Å². The number of nitriles is 1. The Balaban J connectivity index is 1.65. The molecule has 0 spiro atoms. The number of methoxy groups -OCH3 is 2. The van der Waals surface area contributed by atoms with Crippen LogP contribution in [-0.4, -0.2) is 32.1 Å². The van der Waals surface area contributed by atoms with Crippen molar-refractivity contribution in [3.63, 3.8) is 0 Å². The van der Waals surface area contributed by atoms with Crippen LogP contribution in [0.5, 0.6) is 0 Å². The van der Waals surface area contributed by atoms with E-state index < -0.39 is 5.41 Å². The Morgan fingerprint density at radius 3 is 2.32 bits per heavy atom. The largest absolute Gasteiger partial charge is 0.469 e. The van der Waals surface area contributed by atoms with Crippen molar-refractivity contribution in [3.05, 3.63) is 23.3 Å². The average Bonchev–Trinajstić information content (AvgIpc) is 2.82. The van der Waals surface area contributed by atoms with Gasteiger partial charge in [0.05, 0.1) is 30.3 Å². The van der Waals surface area contributed by atoms with E-state index in [4.69, 9.17) is 9.47 Å². The second kappa shape index (κ2) is 8.28. The smallest absolute Gasteiger partial charge is 0.312 e. The minimum absolute atomic E-state index is 0.00385. The summed E-state index contributed by atoms with van der Waals surface area (Å²) in [5.41, 5.74) is 0.644. The van der Waals surface area contributed by atoms with Gasteiger partial charge in [-0.3, -0.25) is 9.59 Å². The van der Waals surface area contributed by atoms with Crippen LogP contribution in [-0.2, 0) is 19.1 Å². The van der Waals surface area contributed by atoms with E-state index in [1.807, 2.05) is 6.08 Å². The lowest BCUT2D eigenvalue weighted by molar-refractivity contribution is -0.183. The second-order valence-corrected chi connectivity index (χ2v) is 14.7. The molecule has 5 aliphatic rings. The number of ketones is 1. The summed E-state index contributed by atoms with van der Waals surface area (Å²) in [5.74, 6) is 0.451. The molecule has 3 saturated carbocycles. The summed E-state index contributed by atoms with van der Waals surface area (Å²) in [6.07, 6.45) is 10.2. The van der Waals surface area contributed by atoms with Crippen LogP contribution in [0.2, 0.25) is 0 Å². The maximum Gasteiger partial charge on any atom is 0.312 e. The molecule has 0 unspecified atom stereocenters. The molecule has 5 rings (SSSR count). The Labute approximate surface area is 223 Å². The molecule has 202 valence electrons. The molecule has 37 heavy (non-hydrogen) atoms. The van der Waals surface area contributed by atoms with E-state index in [0.717, 1.165) is 44.9 Å². The zero-order valence-corrected chi connectivity index (χ0v) is 24.1. The Kier molecular flexibility index (Phi) is 5.97. The van der Waals surface area contributed by atoms with Gasteiger partial charge in [-0.05, 0) is 85.0 Å². The van der Waals surface area contributed by atoms with E-state index in [1.165, 1.54) is 12.7 Å². The van der Waals surface area contributed by atoms with Gasteiger partial charge in [0.25, 0.3) is 0 Å². The molecule has 0 aromatic rings. The van der Waals surface area contributed by atoms with Gasteiger partial charge >= 0.3 is 5.97 Å². The maximum absolute atomic E-state index is 14.3. The average molecular weight is 508 g/mol. The summed E-state index contributed by atoms with van der Waals surface area (Å²) in [7, 11) is 3.20. The zero-order valence-electron chi connectivity index (χ0n) is 24.1. The first-order valence-corrected chi connectivity index (χ1v) is 14.2. The SMILES string of the molecule is COC(=O)[C@]12CCC(C)(C)C[C@H]1[C@H]1C(=O)C=C3[C@@H](CC[C@H]4C(C)(C)[C@@H](OC)C(C#N)=C[C@]34C)[C@]1(C)CC2. The highest BCUT2D eigenvalue weighted by Crippen LogP contribution is 2.70. The minimum atomic E-state index is -0.553. The van der Waals surface area contributed by atoms with Crippen molar-refractivity contribution in [3.8, 4) is 6.07 Å². The van der Waals surface area contributed by atoms with Crippen molar-refractivity contribution in [1.29, 1.82) is 5.26 Å². The number of hydrogen-bond acceptors (Lipinski definition) is 5. The van der Waals surface area contributed by atoms with Crippen molar-refractivity contribution >= 4 is 11.8 Å². The van der Waals surface area contributed by atoms with E-state index in [1.54, 1.807) is 7.11 Å². The first-order valence-electron chi connectivity index (χ1n) is 14.2. The summed E-state index contributed by atoms with van der Waals surface area (Å²) in [4.78, 5) is 27.7. The number of carbonyl (C=O) groups excluding carboxylic acids is 2. The zero-order chi connectivity index (χ0) is 27.2. The molecule has 8 atom stereocenters. The van der Waals surface area contributed by atoms with Crippen LogP contribution in [0.25, 0.3) is 0 Å². The van der Waals surface area contributed by atoms with Crippen LogP contribution in [0.1, 0.15) is 86.5 Å².